The molecule has 2 saturated heterocycles. The standard InChI is InChI=1S/C37H54N4O7S2/c1-23(2)19-38-30-22-47-36-35(30)32(14-15-46-36)48-34(43)17-27(16-26-10-8-7-9-11-26)31(42)21-41(20-24(3)4)50(44,45)28-12-13-29-33(18-28)49-37(40-29)39-25(5)6/h7-13,18,23-25,27,30-32,35-36,38,42H,14-17,19-22H2,1-6H3,(H,39,40)/t27-,30+,31-,32+,35+,36+/m1/s1. The molecule has 3 heterocycles. The highest BCUT2D eigenvalue weighted by atomic mass is 32.2. The Labute approximate surface area is 301 Å². The number of carbonyl (C=O) groups excluding carboxylic acids is 1. The molecule has 0 radical (unpaired) electrons. The molecular formula is C37H54N4O7S2. The molecule has 0 amide bonds. The van der Waals surface area contributed by atoms with Crippen LogP contribution in [0.4, 0.5) is 5.13 Å². The Balaban J connectivity index is 1.34. The smallest absolute Gasteiger partial charge is 0.306 e. The molecular weight excluding hydrogens is 677 g/mol. The number of sulfonamides is 1. The first-order chi connectivity index (χ1) is 23.8. The summed E-state index contributed by atoms with van der Waals surface area (Å²) in [5.41, 5.74) is 1.66. The van der Waals surface area contributed by atoms with Gasteiger partial charge in [-0.3, -0.25) is 4.79 Å². The summed E-state index contributed by atoms with van der Waals surface area (Å²) in [5, 5.41) is 19.4. The summed E-state index contributed by atoms with van der Waals surface area (Å²) in [4.78, 5) is 18.4. The second-order valence-corrected chi connectivity index (χ2v) is 17.7. The molecule has 2 aliphatic rings. The summed E-state index contributed by atoms with van der Waals surface area (Å²) in [6.45, 7) is 14.0. The Hall–Kier alpha value is -2.65. The zero-order valence-electron chi connectivity index (χ0n) is 30.1. The maximum atomic E-state index is 14.2. The van der Waals surface area contributed by atoms with Gasteiger partial charge in [0.25, 0.3) is 0 Å². The minimum atomic E-state index is -4.00. The van der Waals surface area contributed by atoms with E-state index in [-0.39, 0.29) is 48.3 Å². The van der Waals surface area contributed by atoms with Gasteiger partial charge in [-0.15, -0.1) is 0 Å². The fourth-order valence-electron chi connectivity index (χ4n) is 6.67. The van der Waals surface area contributed by atoms with E-state index in [0.717, 1.165) is 27.5 Å². The van der Waals surface area contributed by atoms with Gasteiger partial charge >= 0.3 is 5.97 Å². The lowest BCUT2D eigenvalue weighted by Gasteiger charge is -2.35. The summed E-state index contributed by atoms with van der Waals surface area (Å²) in [5.74, 6) is -0.701. The van der Waals surface area contributed by atoms with Crippen LogP contribution in [0.3, 0.4) is 0 Å². The Morgan fingerprint density at radius 1 is 1.06 bits per heavy atom. The Bertz CT molecular complexity index is 1650. The molecule has 2 fully saturated rings. The average molecular weight is 731 g/mol. The number of hydrogen-bond donors (Lipinski definition) is 3. The van der Waals surface area contributed by atoms with Crippen molar-refractivity contribution >= 4 is 42.7 Å². The van der Waals surface area contributed by atoms with Gasteiger partial charge in [0.05, 0.1) is 46.8 Å². The van der Waals surface area contributed by atoms with E-state index in [0.29, 0.717) is 32.0 Å². The number of anilines is 1. The van der Waals surface area contributed by atoms with E-state index in [9.17, 15) is 18.3 Å². The van der Waals surface area contributed by atoms with Gasteiger partial charge in [0.15, 0.2) is 11.4 Å². The van der Waals surface area contributed by atoms with Crippen molar-refractivity contribution in [1.82, 2.24) is 14.6 Å². The van der Waals surface area contributed by atoms with Crippen LogP contribution < -0.4 is 10.6 Å². The van der Waals surface area contributed by atoms with Gasteiger partial charge in [0.2, 0.25) is 10.0 Å². The molecule has 3 aromatic rings. The van der Waals surface area contributed by atoms with Gasteiger partial charge < -0.3 is 30.0 Å². The SMILES string of the molecule is CC(C)CN[C@H]1CO[C@@H]2OCC[C@H](OC(=O)C[C@@H](Cc3ccccc3)[C@H](O)CN(CC(C)C)S(=O)(=O)c3ccc4nc(NC(C)C)sc4c3)[C@@H]21. The number of aromatic nitrogens is 1. The molecule has 11 nitrogen and oxygen atoms in total. The van der Waals surface area contributed by atoms with Crippen molar-refractivity contribution in [2.45, 2.75) is 96.3 Å². The molecule has 0 unspecified atom stereocenters. The van der Waals surface area contributed by atoms with Crippen LogP contribution in [0.2, 0.25) is 0 Å². The van der Waals surface area contributed by atoms with E-state index in [2.05, 4.69) is 29.5 Å². The van der Waals surface area contributed by atoms with Crippen LogP contribution in [0.25, 0.3) is 10.2 Å². The fraction of sp³-hybridized carbons (Fsp3) is 0.622. The number of thiazole rings is 1. The highest BCUT2D eigenvalue weighted by molar-refractivity contribution is 7.89. The second kappa shape index (κ2) is 17.2. The summed E-state index contributed by atoms with van der Waals surface area (Å²) in [6.07, 6.45) is -1.09. The Morgan fingerprint density at radius 3 is 2.52 bits per heavy atom. The number of benzene rings is 2. The minimum absolute atomic E-state index is 0.00300. The van der Waals surface area contributed by atoms with Crippen molar-refractivity contribution < 1.29 is 32.5 Å². The van der Waals surface area contributed by atoms with E-state index in [1.165, 1.54) is 15.6 Å². The third-order valence-electron chi connectivity index (χ3n) is 9.09. The number of aliphatic hydroxyl groups is 1. The number of aliphatic hydroxyl groups excluding tert-OH is 1. The molecule has 2 aliphatic heterocycles. The molecule has 0 spiro atoms. The van der Waals surface area contributed by atoms with E-state index >= 15 is 0 Å². The lowest BCUT2D eigenvalue weighted by atomic mass is 9.89. The van der Waals surface area contributed by atoms with Crippen LogP contribution in [0.1, 0.15) is 59.9 Å². The van der Waals surface area contributed by atoms with Crippen molar-refractivity contribution in [2.75, 3.05) is 38.2 Å². The molecule has 276 valence electrons. The van der Waals surface area contributed by atoms with Gasteiger partial charge in [0.1, 0.15) is 6.10 Å². The normalized spacial score (nSPS) is 22.4. The summed E-state index contributed by atoms with van der Waals surface area (Å²) < 4.78 is 48.4. The number of rotatable bonds is 17. The molecule has 2 aromatic carbocycles. The summed E-state index contributed by atoms with van der Waals surface area (Å²) >= 11 is 1.41. The number of carbonyl (C=O) groups is 1. The Kier molecular flexibility index (Phi) is 13.3. The van der Waals surface area contributed by atoms with Crippen molar-refractivity contribution in [2.24, 2.45) is 23.7 Å². The third kappa shape index (κ3) is 10.0. The lowest BCUT2D eigenvalue weighted by Crippen LogP contribution is -2.49. The first-order valence-corrected chi connectivity index (χ1v) is 20.1. The monoisotopic (exact) mass is 730 g/mol. The topological polar surface area (TPSA) is 139 Å². The Morgan fingerprint density at radius 2 is 1.82 bits per heavy atom. The summed E-state index contributed by atoms with van der Waals surface area (Å²) in [6, 6.07) is 14.8. The van der Waals surface area contributed by atoms with E-state index < -0.39 is 40.4 Å². The number of nitrogens with zero attached hydrogens (tertiary/aromatic N) is 2. The van der Waals surface area contributed by atoms with Gasteiger partial charge in [0, 0.05) is 37.5 Å². The molecule has 5 rings (SSSR count). The molecule has 0 aliphatic carbocycles. The molecule has 6 atom stereocenters. The second-order valence-electron chi connectivity index (χ2n) is 14.8. The summed E-state index contributed by atoms with van der Waals surface area (Å²) in [7, 11) is -4.00. The molecule has 13 heteroatoms. The van der Waals surface area contributed by atoms with Crippen molar-refractivity contribution in [1.29, 1.82) is 0 Å². The van der Waals surface area contributed by atoms with Crippen LogP contribution in [0, 0.1) is 23.7 Å². The van der Waals surface area contributed by atoms with Crippen LogP contribution in [-0.2, 0) is 35.4 Å². The maximum Gasteiger partial charge on any atom is 0.306 e. The van der Waals surface area contributed by atoms with Gasteiger partial charge in [-0.1, -0.05) is 69.4 Å². The maximum absolute atomic E-state index is 14.2. The molecule has 3 N–H and O–H groups in total. The van der Waals surface area contributed by atoms with Crippen molar-refractivity contribution in [3.05, 3.63) is 54.1 Å². The van der Waals surface area contributed by atoms with Crippen LogP contribution >= 0.6 is 11.3 Å². The van der Waals surface area contributed by atoms with E-state index in [1.807, 2.05) is 58.0 Å². The predicted molar refractivity (Wildman–Crippen MR) is 197 cm³/mol. The highest BCUT2D eigenvalue weighted by Crippen LogP contribution is 2.34. The molecule has 0 bridgehead atoms. The lowest BCUT2D eigenvalue weighted by molar-refractivity contribution is -0.196. The average Bonchev–Trinajstić information content (AvgIpc) is 3.66. The van der Waals surface area contributed by atoms with Crippen molar-refractivity contribution in [3.63, 3.8) is 0 Å². The third-order valence-corrected chi connectivity index (χ3v) is 11.9. The number of fused-ring (bicyclic) bond motifs is 2. The first kappa shape index (κ1) is 38.6. The fourth-order valence-corrected chi connectivity index (χ4v) is 9.44. The first-order valence-electron chi connectivity index (χ1n) is 17.9. The van der Waals surface area contributed by atoms with Gasteiger partial charge in [-0.2, -0.15) is 4.31 Å². The largest absolute Gasteiger partial charge is 0.462 e. The highest BCUT2D eigenvalue weighted by Gasteiger charge is 2.47. The number of nitrogens with one attached hydrogen (secondary N) is 2. The van der Waals surface area contributed by atoms with Crippen LogP contribution in [-0.4, -0.2) is 92.2 Å². The zero-order chi connectivity index (χ0) is 36.0. The minimum Gasteiger partial charge on any atom is -0.462 e. The molecule has 0 saturated carbocycles. The van der Waals surface area contributed by atoms with Gasteiger partial charge in [-0.05, 0) is 62.4 Å². The number of ether oxygens (including phenoxy) is 3. The quantitative estimate of drug-likeness (QED) is 0.157. The molecule has 50 heavy (non-hydrogen) atoms. The van der Waals surface area contributed by atoms with E-state index in [1.54, 1.807) is 18.2 Å². The number of esters is 1. The number of hydrogen-bond acceptors (Lipinski definition) is 11. The zero-order valence-corrected chi connectivity index (χ0v) is 31.7. The van der Waals surface area contributed by atoms with E-state index in [4.69, 9.17) is 14.2 Å². The molecule has 1 aromatic heterocycles. The predicted octanol–water partition coefficient (Wildman–Crippen LogP) is 5.29. The van der Waals surface area contributed by atoms with Gasteiger partial charge in [-0.25, -0.2) is 13.4 Å². The van der Waals surface area contributed by atoms with Crippen LogP contribution in [0.5, 0.6) is 0 Å². The van der Waals surface area contributed by atoms with Crippen LogP contribution in [0.15, 0.2) is 53.4 Å². The van der Waals surface area contributed by atoms with Crippen molar-refractivity contribution in [3.8, 4) is 0 Å².